The second kappa shape index (κ2) is 7.90. The number of Topliss-reactive ketones (excluding diaryl/α,β-unsaturated/α-hetero) is 1. The molecule has 0 spiro atoms. The van der Waals surface area contributed by atoms with E-state index in [0.717, 1.165) is 0 Å². The summed E-state index contributed by atoms with van der Waals surface area (Å²) >= 11 is 0. The van der Waals surface area contributed by atoms with Crippen molar-refractivity contribution in [1.29, 1.82) is 0 Å². The molecule has 8 heteroatoms. The molecule has 4 rings (SSSR count). The molecule has 2 aliphatic heterocycles. The van der Waals surface area contributed by atoms with Crippen molar-refractivity contribution >= 4 is 17.4 Å². The van der Waals surface area contributed by atoms with E-state index in [1.807, 2.05) is 0 Å². The highest BCUT2D eigenvalue weighted by Gasteiger charge is 2.31. The second-order valence-electron chi connectivity index (χ2n) is 7.06. The van der Waals surface area contributed by atoms with Crippen molar-refractivity contribution in [3.8, 4) is 11.5 Å². The quantitative estimate of drug-likeness (QED) is 0.447. The summed E-state index contributed by atoms with van der Waals surface area (Å²) in [5.74, 6) is 0.651. The lowest BCUT2D eigenvalue weighted by Crippen LogP contribution is -2.40. The largest absolute Gasteiger partial charge is 0.486 e. The highest BCUT2D eigenvalue weighted by Crippen LogP contribution is 2.33. The molecule has 0 atom stereocenters. The number of amides is 1. The van der Waals surface area contributed by atoms with Gasteiger partial charge in [-0.25, -0.2) is 0 Å². The lowest BCUT2D eigenvalue weighted by atomic mass is 9.88. The molecule has 29 heavy (non-hydrogen) atoms. The lowest BCUT2D eigenvalue weighted by molar-refractivity contribution is -0.385. The minimum Gasteiger partial charge on any atom is -0.486 e. The molecule has 0 radical (unpaired) electrons. The molecule has 1 amide bonds. The van der Waals surface area contributed by atoms with Crippen LogP contribution in [0.25, 0.3) is 0 Å². The number of benzene rings is 2. The standard InChI is InChI=1S/C21H20N2O6/c24-20(15-5-6-18-19(13-15)29-12-11-28-18)14-7-9-22(10-8-14)21(25)16-3-1-2-4-17(16)23(26)27/h1-6,13-14H,7-12H2. The molecular weight excluding hydrogens is 376 g/mol. The van der Waals surface area contributed by atoms with E-state index < -0.39 is 4.92 Å². The Morgan fingerprint density at radius 2 is 1.69 bits per heavy atom. The third-order valence-corrected chi connectivity index (χ3v) is 5.31. The molecule has 0 N–H and O–H groups in total. The summed E-state index contributed by atoms with van der Waals surface area (Å²) in [4.78, 5) is 37.8. The van der Waals surface area contributed by atoms with Crippen LogP contribution in [0.15, 0.2) is 42.5 Å². The summed E-state index contributed by atoms with van der Waals surface area (Å²) < 4.78 is 11.0. The Morgan fingerprint density at radius 3 is 2.41 bits per heavy atom. The molecule has 0 aromatic heterocycles. The summed E-state index contributed by atoms with van der Waals surface area (Å²) in [6.45, 7) is 1.71. The number of nitro benzene ring substituents is 1. The van der Waals surface area contributed by atoms with Gasteiger partial charge in [-0.2, -0.15) is 0 Å². The number of hydrogen-bond donors (Lipinski definition) is 0. The van der Waals surface area contributed by atoms with Crippen LogP contribution in [0.3, 0.4) is 0 Å². The van der Waals surface area contributed by atoms with Gasteiger partial charge < -0.3 is 14.4 Å². The Labute approximate surface area is 167 Å². The van der Waals surface area contributed by atoms with Gasteiger partial charge in [0.25, 0.3) is 11.6 Å². The maximum absolute atomic E-state index is 12.9. The van der Waals surface area contributed by atoms with Gasteiger partial charge in [0.1, 0.15) is 18.8 Å². The van der Waals surface area contributed by atoms with Crippen molar-refractivity contribution < 1.29 is 24.0 Å². The molecule has 2 aromatic carbocycles. The average Bonchev–Trinajstić information content (AvgIpc) is 2.78. The first-order chi connectivity index (χ1) is 14.0. The predicted octanol–water partition coefficient (Wildman–Crippen LogP) is 3.10. The number of nitrogens with zero attached hydrogens (tertiary/aromatic N) is 2. The van der Waals surface area contributed by atoms with E-state index in [-0.39, 0.29) is 28.9 Å². The number of nitro groups is 1. The molecule has 2 aliphatic rings. The Bertz CT molecular complexity index is 965. The first-order valence-corrected chi connectivity index (χ1v) is 9.51. The molecule has 0 saturated carbocycles. The van der Waals surface area contributed by atoms with Gasteiger partial charge in [-0.15, -0.1) is 0 Å². The number of rotatable bonds is 4. The van der Waals surface area contributed by atoms with Crippen LogP contribution in [0.1, 0.15) is 33.6 Å². The summed E-state index contributed by atoms with van der Waals surface area (Å²) in [6, 6.07) is 11.1. The van der Waals surface area contributed by atoms with Gasteiger partial charge >= 0.3 is 0 Å². The molecular formula is C21H20N2O6. The van der Waals surface area contributed by atoms with Crippen molar-refractivity contribution in [2.75, 3.05) is 26.3 Å². The summed E-state index contributed by atoms with van der Waals surface area (Å²) in [5, 5.41) is 11.2. The molecule has 0 bridgehead atoms. The fraction of sp³-hybridized carbons (Fsp3) is 0.333. The Balaban J connectivity index is 1.42. The van der Waals surface area contributed by atoms with Crippen LogP contribution in [0.2, 0.25) is 0 Å². The minimum atomic E-state index is -0.550. The minimum absolute atomic E-state index is 0.0137. The van der Waals surface area contributed by atoms with Crippen LogP contribution >= 0.6 is 0 Å². The van der Waals surface area contributed by atoms with E-state index in [0.29, 0.717) is 56.2 Å². The normalized spacial score (nSPS) is 16.3. The van der Waals surface area contributed by atoms with Gasteiger partial charge in [0, 0.05) is 30.6 Å². The van der Waals surface area contributed by atoms with E-state index in [2.05, 4.69) is 0 Å². The van der Waals surface area contributed by atoms with E-state index in [9.17, 15) is 19.7 Å². The Hall–Kier alpha value is -3.42. The van der Waals surface area contributed by atoms with Crippen LogP contribution in [0.4, 0.5) is 5.69 Å². The van der Waals surface area contributed by atoms with Crippen LogP contribution in [-0.2, 0) is 0 Å². The summed E-state index contributed by atoms with van der Waals surface area (Å²) in [5.41, 5.74) is 0.443. The van der Waals surface area contributed by atoms with E-state index in [4.69, 9.17) is 9.47 Å². The Kier molecular flexibility index (Phi) is 5.16. The van der Waals surface area contributed by atoms with Crippen LogP contribution in [0.5, 0.6) is 11.5 Å². The maximum atomic E-state index is 12.9. The number of carbonyl (C=O) groups is 2. The topological polar surface area (TPSA) is 99.0 Å². The number of ketones is 1. The number of likely N-dealkylation sites (tertiary alicyclic amines) is 1. The maximum Gasteiger partial charge on any atom is 0.282 e. The number of carbonyl (C=O) groups excluding carboxylic acids is 2. The number of ether oxygens (including phenoxy) is 2. The van der Waals surface area contributed by atoms with E-state index in [1.54, 1.807) is 29.2 Å². The SMILES string of the molecule is O=C(c1ccc2c(c1)OCCO2)C1CCN(C(=O)c2ccccc2[N+](=O)[O-])CC1. The summed E-state index contributed by atoms with van der Waals surface area (Å²) in [6.07, 6.45) is 1.03. The molecule has 0 aliphatic carbocycles. The fourth-order valence-corrected chi connectivity index (χ4v) is 3.76. The van der Waals surface area contributed by atoms with Crippen molar-refractivity contribution in [2.45, 2.75) is 12.8 Å². The van der Waals surface area contributed by atoms with Crippen molar-refractivity contribution in [2.24, 2.45) is 5.92 Å². The number of para-hydroxylation sites is 1. The zero-order valence-electron chi connectivity index (χ0n) is 15.7. The first kappa shape index (κ1) is 18.9. The van der Waals surface area contributed by atoms with Crippen molar-refractivity contribution in [3.63, 3.8) is 0 Å². The molecule has 2 heterocycles. The van der Waals surface area contributed by atoms with Gasteiger partial charge in [-0.3, -0.25) is 19.7 Å². The lowest BCUT2D eigenvalue weighted by Gasteiger charge is -2.31. The molecule has 0 unspecified atom stereocenters. The highest BCUT2D eigenvalue weighted by atomic mass is 16.6. The van der Waals surface area contributed by atoms with Gasteiger partial charge in [-0.1, -0.05) is 12.1 Å². The van der Waals surface area contributed by atoms with E-state index >= 15 is 0 Å². The smallest absolute Gasteiger partial charge is 0.282 e. The van der Waals surface area contributed by atoms with E-state index in [1.165, 1.54) is 18.2 Å². The molecule has 1 saturated heterocycles. The number of hydrogen-bond acceptors (Lipinski definition) is 6. The Morgan fingerprint density at radius 1 is 1.00 bits per heavy atom. The molecule has 150 valence electrons. The molecule has 1 fully saturated rings. The van der Waals surface area contributed by atoms with Crippen LogP contribution in [0, 0.1) is 16.0 Å². The summed E-state index contributed by atoms with van der Waals surface area (Å²) in [7, 11) is 0. The highest BCUT2D eigenvalue weighted by molar-refractivity contribution is 6.00. The average molecular weight is 396 g/mol. The van der Waals surface area contributed by atoms with Crippen molar-refractivity contribution in [1.82, 2.24) is 4.90 Å². The third kappa shape index (κ3) is 3.78. The van der Waals surface area contributed by atoms with Gasteiger partial charge in [-0.05, 0) is 37.1 Å². The predicted molar refractivity (Wildman–Crippen MR) is 103 cm³/mol. The third-order valence-electron chi connectivity index (χ3n) is 5.31. The van der Waals surface area contributed by atoms with Crippen LogP contribution < -0.4 is 9.47 Å². The molecule has 2 aromatic rings. The first-order valence-electron chi connectivity index (χ1n) is 9.51. The van der Waals surface area contributed by atoms with Crippen LogP contribution in [-0.4, -0.2) is 47.8 Å². The molecule has 8 nitrogen and oxygen atoms in total. The monoisotopic (exact) mass is 396 g/mol. The van der Waals surface area contributed by atoms with Gasteiger partial charge in [0.15, 0.2) is 17.3 Å². The number of piperidine rings is 1. The van der Waals surface area contributed by atoms with Gasteiger partial charge in [0.2, 0.25) is 0 Å². The second-order valence-corrected chi connectivity index (χ2v) is 7.06. The number of fused-ring (bicyclic) bond motifs is 1. The fourth-order valence-electron chi connectivity index (χ4n) is 3.76. The zero-order chi connectivity index (χ0) is 20.4. The van der Waals surface area contributed by atoms with Crippen molar-refractivity contribution in [3.05, 3.63) is 63.7 Å². The van der Waals surface area contributed by atoms with Gasteiger partial charge in [0.05, 0.1) is 4.92 Å². The zero-order valence-corrected chi connectivity index (χ0v) is 15.7.